The minimum absolute atomic E-state index is 0.0452. The van der Waals surface area contributed by atoms with Crippen LogP contribution in [0.15, 0.2) is 0 Å². The van der Waals surface area contributed by atoms with Crippen molar-refractivity contribution in [1.29, 1.82) is 0 Å². The quantitative estimate of drug-likeness (QED) is 0.758. The van der Waals surface area contributed by atoms with Crippen LogP contribution in [-0.2, 0) is 4.79 Å². The zero-order valence-electron chi connectivity index (χ0n) is 13.0. The van der Waals surface area contributed by atoms with Crippen molar-refractivity contribution in [2.45, 2.75) is 75.8 Å². The van der Waals surface area contributed by atoms with Gasteiger partial charge in [0.1, 0.15) is 0 Å². The Bertz CT molecular complexity index is 305. The van der Waals surface area contributed by atoms with Crippen molar-refractivity contribution >= 4 is 5.91 Å². The fourth-order valence-electron chi connectivity index (χ4n) is 3.85. The molecule has 0 saturated heterocycles. The van der Waals surface area contributed by atoms with Gasteiger partial charge in [-0.3, -0.25) is 9.69 Å². The smallest absolute Gasteiger partial charge is 0.234 e. The molecule has 4 heteroatoms. The normalized spacial score (nSPS) is 23.8. The third-order valence-corrected chi connectivity index (χ3v) is 5.33. The third-order valence-electron chi connectivity index (χ3n) is 5.33. The lowest BCUT2D eigenvalue weighted by molar-refractivity contribution is -0.124. The van der Waals surface area contributed by atoms with E-state index in [1.165, 1.54) is 38.5 Å². The summed E-state index contributed by atoms with van der Waals surface area (Å²) in [7, 11) is 2.08. The summed E-state index contributed by atoms with van der Waals surface area (Å²) >= 11 is 0. The highest BCUT2D eigenvalue weighted by Gasteiger charge is 2.34. The maximum absolute atomic E-state index is 12.2. The molecule has 4 nitrogen and oxygen atoms in total. The number of carbonyl (C=O) groups is 1. The molecule has 0 bridgehead atoms. The maximum Gasteiger partial charge on any atom is 0.234 e. The van der Waals surface area contributed by atoms with Gasteiger partial charge in [-0.15, -0.1) is 0 Å². The molecule has 2 aliphatic rings. The molecule has 0 aromatic heterocycles. The Balaban J connectivity index is 1.87. The van der Waals surface area contributed by atoms with Gasteiger partial charge < -0.3 is 11.1 Å². The van der Waals surface area contributed by atoms with E-state index in [9.17, 15) is 4.79 Å². The fourth-order valence-corrected chi connectivity index (χ4v) is 3.85. The van der Waals surface area contributed by atoms with Crippen molar-refractivity contribution in [2.24, 2.45) is 5.73 Å². The van der Waals surface area contributed by atoms with Crippen molar-refractivity contribution in [3.63, 3.8) is 0 Å². The molecule has 2 saturated carbocycles. The van der Waals surface area contributed by atoms with Crippen molar-refractivity contribution in [1.82, 2.24) is 10.2 Å². The largest absolute Gasteiger partial charge is 0.352 e. The SMILES string of the molecule is CN(CC(=O)NC1CCCC1)C1(CN)CCCCCC1. The first-order valence-corrected chi connectivity index (χ1v) is 8.37. The molecule has 0 radical (unpaired) electrons. The summed E-state index contributed by atoms with van der Waals surface area (Å²) in [4.78, 5) is 14.4. The van der Waals surface area contributed by atoms with Crippen LogP contribution < -0.4 is 11.1 Å². The third kappa shape index (κ3) is 3.95. The van der Waals surface area contributed by atoms with Gasteiger partial charge in [-0.2, -0.15) is 0 Å². The number of hydrogen-bond acceptors (Lipinski definition) is 3. The summed E-state index contributed by atoms with van der Waals surface area (Å²) < 4.78 is 0. The minimum atomic E-state index is 0.0452. The monoisotopic (exact) mass is 281 g/mol. The fraction of sp³-hybridized carbons (Fsp3) is 0.938. The molecule has 0 unspecified atom stereocenters. The van der Waals surface area contributed by atoms with Gasteiger partial charge in [-0.05, 0) is 32.7 Å². The molecule has 3 N–H and O–H groups in total. The number of carbonyl (C=O) groups excluding carboxylic acids is 1. The first-order chi connectivity index (χ1) is 9.66. The molecular weight excluding hydrogens is 250 g/mol. The Hall–Kier alpha value is -0.610. The number of hydrogen-bond donors (Lipinski definition) is 2. The highest BCUT2D eigenvalue weighted by Crippen LogP contribution is 2.30. The molecule has 0 aromatic carbocycles. The van der Waals surface area contributed by atoms with Gasteiger partial charge >= 0.3 is 0 Å². The van der Waals surface area contributed by atoms with Gasteiger partial charge in [0, 0.05) is 18.1 Å². The highest BCUT2D eigenvalue weighted by molar-refractivity contribution is 5.78. The van der Waals surface area contributed by atoms with E-state index < -0.39 is 0 Å². The zero-order valence-corrected chi connectivity index (χ0v) is 13.0. The molecule has 1 amide bonds. The van der Waals surface area contributed by atoms with Crippen LogP contribution in [0.3, 0.4) is 0 Å². The van der Waals surface area contributed by atoms with Crippen LogP contribution >= 0.6 is 0 Å². The number of amides is 1. The van der Waals surface area contributed by atoms with E-state index in [1.54, 1.807) is 0 Å². The topological polar surface area (TPSA) is 58.4 Å². The Morgan fingerprint density at radius 3 is 2.30 bits per heavy atom. The van der Waals surface area contributed by atoms with Crippen molar-refractivity contribution in [2.75, 3.05) is 20.1 Å². The number of nitrogens with two attached hydrogens (primary N) is 1. The van der Waals surface area contributed by atoms with Gasteiger partial charge in [0.25, 0.3) is 0 Å². The summed E-state index contributed by atoms with van der Waals surface area (Å²) in [6.07, 6.45) is 12.2. The first-order valence-electron chi connectivity index (χ1n) is 8.37. The molecule has 0 heterocycles. The minimum Gasteiger partial charge on any atom is -0.352 e. The van der Waals surface area contributed by atoms with Gasteiger partial charge in [-0.25, -0.2) is 0 Å². The van der Waals surface area contributed by atoms with E-state index in [-0.39, 0.29) is 11.4 Å². The summed E-state index contributed by atoms with van der Waals surface area (Å²) in [6.45, 7) is 1.16. The Morgan fingerprint density at radius 2 is 1.75 bits per heavy atom. The van der Waals surface area contributed by atoms with Crippen LogP contribution in [-0.4, -0.2) is 42.5 Å². The highest BCUT2D eigenvalue weighted by atomic mass is 16.2. The second-order valence-electron chi connectivity index (χ2n) is 6.75. The number of nitrogens with one attached hydrogen (secondary N) is 1. The molecule has 0 aliphatic heterocycles. The lowest BCUT2D eigenvalue weighted by atomic mass is 9.88. The summed E-state index contributed by atoms with van der Waals surface area (Å²) in [5.41, 5.74) is 6.12. The van der Waals surface area contributed by atoms with Gasteiger partial charge in [0.05, 0.1) is 6.54 Å². The lowest BCUT2D eigenvalue weighted by Gasteiger charge is -2.40. The van der Waals surface area contributed by atoms with Gasteiger partial charge in [0.2, 0.25) is 5.91 Å². The Labute approximate surface area is 123 Å². The Morgan fingerprint density at radius 1 is 1.15 bits per heavy atom. The van der Waals surface area contributed by atoms with Crippen molar-refractivity contribution in [3.05, 3.63) is 0 Å². The van der Waals surface area contributed by atoms with Crippen LogP contribution in [0, 0.1) is 0 Å². The maximum atomic E-state index is 12.2. The molecule has 20 heavy (non-hydrogen) atoms. The van der Waals surface area contributed by atoms with Crippen LogP contribution in [0.5, 0.6) is 0 Å². The molecule has 0 spiro atoms. The lowest BCUT2D eigenvalue weighted by Crippen LogP contribution is -2.55. The molecule has 0 atom stereocenters. The average Bonchev–Trinajstić information content (AvgIpc) is 2.80. The molecule has 2 rings (SSSR count). The molecule has 2 aliphatic carbocycles. The van der Waals surface area contributed by atoms with E-state index >= 15 is 0 Å². The van der Waals surface area contributed by atoms with Crippen LogP contribution in [0.1, 0.15) is 64.2 Å². The zero-order chi connectivity index (χ0) is 14.4. The predicted octanol–water partition coefficient (Wildman–Crippen LogP) is 2.03. The summed E-state index contributed by atoms with van der Waals surface area (Å²) in [5.74, 6) is 0.177. The first kappa shape index (κ1) is 15.8. The molecule has 116 valence electrons. The number of rotatable bonds is 5. The van der Waals surface area contributed by atoms with Crippen LogP contribution in [0.4, 0.5) is 0 Å². The van der Waals surface area contributed by atoms with Crippen molar-refractivity contribution < 1.29 is 4.79 Å². The van der Waals surface area contributed by atoms with E-state index in [0.717, 1.165) is 25.7 Å². The molecular formula is C16H31N3O. The summed E-state index contributed by atoms with van der Waals surface area (Å²) in [6, 6.07) is 0.416. The van der Waals surface area contributed by atoms with Crippen molar-refractivity contribution in [3.8, 4) is 0 Å². The van der Waals surface area contributed by atoms with Gasteiger partial charge in [0.15, 0.2) is 0 Å². The van der Waals surface area contributed by atoms with Crippen LogP contribution in [0.2, 0.25) is 0 Å². The van der Waals surface area contributed by atoms with Gasteiger partial charge in [-0.1, -0.05) is 38.5 Å². The van der Waals surface area contributed by atoms with E-state index in [2.05, 4.69) is 17.3 Å². The van der Waals surface area contributed by atoms with E-state index in [4.69, 9.17) is 5.73 Å². The summed E-state index contributed by atoms with van der Waals surface area (Å²) in [5, 5.41) is 3.18. The number of nitrogens with zero attached hydrogens (tertiary/aromatic N) is 1. The number of likely N-dealkylation sites (N-methyl/N-ethyl adjacent to an activating group) is 1. The molecule has 2 fully saturated rings. The van der Waals surface area contributed by atoms with Crippen LogP contribution in [0.25, 0.3) is 0 Å². The predicted molar refractivity (Wildman–Crippen MR) is 82.5 cm³/mol. The molecule has 0 aromatic rings. The Kier molecular flexibility index (Phi) is 5.85. The van der Waals surface area contributed by atoms with E-state index in [1.807, 2.05) is 0 Å². The standard InChI is InChI=1S/C16H31N3O/c1-19(12-15(20)18-14-8-4-5-9-14)16(13-17)10-6-2-3-7-11-16/h14H,2-13,17H2,1H3,(H,18,20). The second kappa shape index (κ2) is 7.41. The average molecular weight is 281 g/mol. The second-order valence-corrected chi connectivity index (χ2v) is 6.75. The van der Waals surface area contributed by atoms with E-state index in [0.29, 0.717) is 19.1 Å².